The molecule has 0 saturated carbocycles. The number of rotatable bonds is 38. The van der Waals surface area contributed by atoms with Crippen LogP contribution in [0.2, 0.25) is 0 Å². The Balaban J connectivity index is 4.17. The summed E-state index contributed by atoms with van der Waals surface area (Å²) in [6.45, 7) is 4.79. The van der Waals surface area contributed by atoms with Crippen molar-refractivity contribution in [3.63, 3.8) is 0 Å². The standard InChI is InChI=1S/C46H80N2O5/c1-3-5-7-9-11-12-13-14-15-16-17-18-19-20-21-22-23-24-26-28-34-40-45(50)53-42(36-31-27-25-10-8-6-4-2)37-32-29-30-33-39-44(49)48-43(46(51)52)38-35-41-47/h5,7,11-12,14-15,17-18,31,36,42-43H,3-4,6,8-10,13,16,19-30,32-35,37-41,47H2,1-2H3,(H,48,49)(H,51,52)/b7-5-,12-11-,15-14-,18-17-,36-31-. The first-order valence-electron chi connectivity index (χ1n) is 21.6. The van der Waals surface area contributed by atoms with Gasteiger partial charge in [-0.15, -0.1) is 0 Å². The van der Waals surface area contributed by atoms with E-state index in [1.165, 1.54) is 77.0 Å². The number of carbonyl (C=O) groups excluding carboxylic acids is 2. The normalized spacial score (nSPS) is 13.3. The molecule has 0 aromatic carbocycles. The second kappa shape index (κ2) is 40.3. The van der Waals surface area contributed by atoms with Crippen LogP contribution in [0.15, 0.2) is 60.8 Å². The van der Waals surface area contributed by atoms with E-state index < -0.39 is 12.0 Å². The number of esters is 1. The van der Waals surface area contributed by atoms with Gasteiger partial charge >= 0.3 is 11.9 Å². The van der Waals surface area contributed by atoms with E-state index in [1.807, 2.05) is 0 Å². The average molecular weight is 741 g/mol. The van der Waals surface area contributed by atoms with E-state index in [0.717, 1.165) is 70.6 Å². The Hall–Kier alpha value is -2.93. The van der Waals surface area contributed by atoms with Crippen LogP contribution >= 0.6 is 0 Å². The highest BCUT2D eigenvalue weighted by Crippen LogP contribution is 2.16. The molecule has 0 aromatic rings. The Morgan fingerprint density at radius 2 is 1.09 bits per heavy atom. The minimum Gasteiger partial charge on any atom is -0.480 e. The molecule has 0 radical (unpaired) electrons. The third-order valence-corrected chi connectivity index (χ3v) is 9.30. The van der Waals surface area contributed by atoms with Crippen LogP contribution in [0.1, 0.15) is 194 Å². The maximum absolute atomic E-state index is 12.7. The molecule has 0 saturated heterocycles. The summed E-state index contributed by atoms with van der Waals surface area (Å²) in [5.41, 5.74) is 5.48. The maximum atomic E-state index is 12.7. The monoisotopic (exact) mass is 741 g/mol. The summed E-state index contributed by atoms with van der Waals surface area (Å²) in [7, 11) is 0. The van der Waals surface area contributed by atoms with Crippen molar-refractivity contribution in [2.24, 2.45) is 5.73 Å². The molecular weight excluding hydrogens is 661 g/mol. The zero-order chi connectivity index (χ0) is 38.9. The molecule has 0 aliphatic heterocycles. The highest BCUT2D eigenvalue weighted by molar-refractivity contribution is 5.83. The first-order valence-corrected chi connectivity index (χ1v) is 21.6. The van der Waals surface area contributed by atoms with Crippen molar-refractivity contribution in [2.75, 3.05) is 6.54 Å². The molecule has 2 unspecified atom stereocenters. The van der Waals surface area contributed by atoms with Gasteiger partial charge in [-0.25, -0.2) is 4.79 Å². The lowest BCUT2D eigenvalue weighted by molar-refractivity contribution is -0.147. The van der Waals surface area contributed by atoms with Crippen LogP contribution in [0.4, 0.5) is 0 Å². The summed E-state index contributed by atoms with van der Waals surface area (Å²) < 4.78 is 5.91. The van der Waals surface area contributed by atoms with Gasteiger partial charge in [-0.1, -0.05) is 146 Å². The molecule has 53 heavy (non-hydrogen) atoms. The molecule has 0 aliphatic rings. The fraction of sp³-hybridized carbons (Fsp3) is 0.717. The van der Waals surface area contributed by atoms with Gasteiger partial charge < -0.3 is 20.9 Å². The van der Waals surface area contributed by atoms with Gasteiger partial charge in [0, 0.05) is 12.8 Å². The van der Waals surface area contributed by atoms with Crippen molar-refractivity contribution in [3.8, 4) is 0 Å². The number of nitrogens with one attached hydrogen (secondary N) is 1. The number of carboxylic acid groups (broad SMARTS) is 1. The molecule has 0 heterocycles. The average Bonchev–Trinajstić information content (AvgIpc) is 3.14. The number of allylic oxidation sites excluding steroid dienone is 9. The lowest BCUT2D eigenvalue weighted by Crippen LogP contribution is -2.40. The predicted octanol–water partition coefficient (Wildman–Crippen LogP) is 12.2. The quantitative estimate of drug-likeness (QED) is 0.0329. The molecule has 1 amide bonds. The van der Waals surface area contributed by atoms with Crippen LogP contribution in [-0.4, -0.2) is 41.6 Å². The van der Waals surface area contributed by atoms with E-state index >= 15 is 0 Å². The van der Waals surface area contributed by atoms with Crippen LogP contribution in [-0.2, 0) is 19.1 Å². The first-order chi connectivity index (χ1) is 25.9. The smallest absolute Gasteiger partial charge is 0.326 e. The van der Waals surface area contributed by atoms with E-state index in [-0.39, 0.29) is 18.0 Å². The number of ether oxygens (including phenoxy) is 1. The summed E-state index contributed by atoms with van der Waals surface area (Å²) in [5.74, 6) is -1.34. The van der Waals surface area contributed by atoms with Gasteiger partial charge in [0.2, 0.25) is 5.91 Å². The van der Waals surface area contributed by atoms with Crippen LogP contribution in [0.3, 0.4) is 0 Å². The first kappa shape index (κ1) is 50.1. The summed E-state index contributed by atoms with van der Waals surface area (Å²) in [6.07, 6.45) is 50.0. The molecule has 0 spiro atoms. The van der Waals surface area contributed by atoms with Crippen molar-refractivity contribution in [2.45, 2.75) is 206 Å². The Kier molecular flexibility index (Phi) is 38.0. The highest BCUT2D eigenvalue weighted by Gasteiger charge is 2.19. The minimum atomic E-state index is -1.02. The molecule has 0 aromatic heterocycles. The fourth-order valence-electron chi connectivity index (χ4n) is 6.06. The van der Waals surface area contributed by atoms with E-state index in [4.69, 9.17) is 10.5 Å². The minimum absolute atomic E-state index is 0.0993. The third-order valence-electron chi connectivity index (χ3n) is 9.30. The molecule has 4 N–H and O–H groups in total. The molecule has 0 bridgehead atoms. The summed E-state index contributed by atoms with van der Waals surface area (Å²) >= 11 is 0. The van der Waals surface area contributed by atoms with Gasteiger partial charge in [0.05, 0.1) is 0 Å². The van der Waals surface area contributed by atoms with Crippen LogP contribution in [0.25, 0.3) is 0 Å². The van der Waals surface area contributed by atoms with Crippen molar-refractivity contribution < 1.29 is 24.2 Å². The lowest BCUT2D eigenvalue weighted by Gasteiger charge is -2.15. The number of unbranched alkanes of at least 4 members (excludes halogenated alkanes) is 16. The number of nitrogens with two attached hydrogens (primary N) is 1. The topological polar surface area (TPSA) is 119 Å². The van der Waals surface area contributed by atoms with E-state index in [1.54, 1.807) is 0 Å². The van der Waals surface area contributed by atoms with Crippen molar-refractivity contribution in [1.29, 1.82) is 0 Å². The number of amides is 1. The van der Waals surface area contributed by atoms with Gasteiger partial charge in [-0.3, -0.25) is 9.59 Å². The predicted molar refractivity (Wildman–Crippen MR) is 225 cm³/mol. The molecular formula is C46H80N2O5. The molecule has 304 valence electrons. The van der Waals surface area contributed by atoms with Gasteiger partial charge in [0.1, 0.15) is 12.1 Å². The Labute approximate surface area is 325 Å². The molecule has 7 nitrogen and oxygen atoms in total. The Morgan fingerprint density at radius 3 is 1.68 bits per heavy atom. The second-order valence-electron chi connectivity index (χ2n) is 14.4. The number of carboxylic acids is 1. The van der Waals surface area contributed by atoms with Gasteiger partial charge in [-0.2, -0.15) is 0 Å². The third kappa shape index (κ3) is 37.2. The molecule has 0 aliphatic carbocycles. The lowest BCUT2D eigenvalue weighted by atomic mass is 10.1. The Bertz CT molecular complexity index is 1020. The maximum Gasteiger partial charge on any atom is 0.326 e. The number of hydrogen-bond acceptors (Lipinski definition) is 5. The number of carbonyl (C=O) groups is 3. The Morgan fingerprint density at radius 1 is 0.585 bits per heavy atom. The molecule has 7 heteroatoms. The summed E-state index contributed by atoms with van der Waals surface area (Å²) in [5, 5.41) is 11.9. The van der Waals surface area contributed by atoms with Gasteiger partial charge in [0.15, 0.2) is 0 Å². The van der Waals surface area contributed by atoms with E-state index in [0.29, 0.717) is 38.6 Å². The zero-order valence-corrected chi connectivity index (χ0v) is 34.1. The number of hydrogen-bond donors (Lipinski definition) is 3. The van der Waals surface area contributed by atoms with Crippen molar-refractivity contribution in [1.82, 2.24) is 5.32 Å². The SMILES string of the molecule is CC/C=C\C/C=C\C/C=C\C/C=C\CCCCCCCCCCC(=O)OC(/C=C\CCCCCCC)CCCCCCC(=O)NC(CCCN)C(=O)O. The largest absolute Gasteiger partial charge is 0.480 e. The van der Waals surface area contributed by atoms with Gasteiger partial charge in [0.25, 0.3) is 0 Å². The van der Waals surface area contributed by atoms with E-state index in [9.17, 15) is 19.5 Å². The van der Waals surface area contributed by atoms with Crippen molar-refractivity contribution >= 4 is 17.8 Å². The van der Waals surface area contributed by atoms with Crippen LogP contribution in [0, 0.1) is 0 Å². The molecule has 0 rings (SSSR count). The zero-order valence-electron chi connectivity index (χ0n) is 34.1. The van der Waals surface area contributed by atoms with Crippen LogP contribution < -0.4 is 11.1 Å². The summed E-state index contributed by atoms with van der Waals surface area (Å²) in [4.78, 5) is 36.3. The number of aliphatic carboxylic acids is 1. The molecule has 0 fully saturated rings. The highest BCUT2D eigenvalue weighted by atomic mass is 16.5. The van der Waals surface area contributed by atoms with Crippen molar-refractivity contribution in [3.05, 3.63) is 60.8 Å². The van der Waals surface area contributed by atoms with E-state index in [2.05, 4.69) is 79.9 Å². The second-order valence-corrected chi connectivity index (χ2v) is 14.4. The summed E-state index contributed by atoms with van der Waals surface area (Å²) in [6, 6.07) is -0.872. The van der Waals surface area contributed by atoms with Crippen LogP contribution in [0.5, 0.6) is 0 Å². The fourth-order valence-corrected chi connectivity index (χ4v) is 6.06. The van der Waals surface area contributed by atoms with Gasteiger partial charge in [-0.05, 0) is 103 Å². The molecule has 2 atom stereocenters.